The summed E-state index contributed by atoms with van der Waals surface area (Å²) in [6.45, 7) is 3.97. The molecule has 150 valence electrons. The molecule has 1 heterocycles. The molecule has 1 saturated heterocycles. The number of piperidine rings is 1. The van der Waals surface area contributed by atoms with Gasteiger partial charge < -0.3 is 10.1 Å². The zero-order chi connectivity index (χ0) is 19.8. The van der Waals surface area contributed by atoms with Crippen LogP contribution in [0, 0.1) is 11.7 Å². The molecule has 0 atom stereocenters. The number of hydrogen-bond acceptors (Lipinski definition) is 3. The number of nitrogens with zero attached hydrogens (tertiary/aromatic N) is 1. The second kappa shape index (κ2) is 10.6. The number of amides is 1. The van der Waals surface area contributed by atoms with Gasteiger partial charge in [0.05, 0.1) is 13.2 Å². The number of benzene rings is 2. The Labute approximate surface area is 170 Å². The van der Waals surface area contributed by atoms with Gasteiger partial charge in [-0.25, -0.2) is 4.39 Å². The van der Waals surface area contributed by atoms with Crippen LogP contribution in [0.1, 0.15) is 24.0 Å². The van der Waals surface area contributed by atoms with Gasteiger partial charge in [-0.3, -0.25) is 9.69 Å². The lowest BCUT2D eigenvalue weighted by Crippen LogP contribution is -2.42. The van der Waals surface area contributed by atoms with E-state index in [1.807, 2.05) is 24.3 Å². The number of carbonyl (C=O) groups excluding carboxylic acids is 1. The molecule has 0 saturated carbocycles. The molecular formula is C22H26ClFN2O2. The minimum atomic E-state index is -0.268. The number of ether oxygens (including phenoxy) is 1. The van der Waals surface area contributed by atoms with E-state index in [1.54, 1.807) is 12.1 Å². The summed E-state index contributed by atoms with van der Waals surface area (Å²) in [6, 6.07) is 13.9. The van der Waals surface area contributed by atoms with Gasteiger partial charge in [-0.2, -0.15) is 0 Å². The van der Waals surface area contributed by atoms with Crippen LogP contribution >= 0.6 is 11.6 Å². The Morgan fingerprint density at radius 2 is 1.71 bits per heavy atom. The summed E-state index contributed by atoms with van der Waals surface area (Å²) in [7, 11) is 0. The third kappa shape index (κ3) is 6.89. The Bertz CT molecular complexity index is 744. The van der Waals surface area contributed by atoms with Crippen molar-refractivity contribution in [1.29, 1.82) is 0 Å². The molecule has 1 aliphatic rings. The number of nitrogens with one attached hydrogen (secondary N) is 1. The maximum absolute atomic E-state index is 12.9. The molecule has 6 heteroatoms. The molecule has 0 aromatic heterocycles. The SMILES string of the molecule is O=C(CN1CCC(COCc2ccc(Cl)cc2)CC1)NCc1ccc(F)cc1. The fourth-order valence-electron chi connectivity index (χ4n) is 3.30. The van der Waals surface area contributed by atoms with E-state index in [0.29, 0.717) is 25.6 Å². The fraction of sp³-hybridized carbons (Fsp3) is 0.409. The van der Waals surface area contributed by atoms with Gasteiger partial charge in [0.1, 0.15) is 5.82 Å². The molecule has 0 aliphatic carbocycles. The summed E-state index contributed by atoms with van der Waals surface area (Å²) < 4.78 is 18.7. The molecule has 1 N–H and O–H groups in total. The average molecular weight is 405 g/mol. The molecule has 1 fully saturated rings. The molecule has 28 heavy (non-hydrogen) atoms. The van der Waals surface area contributed by atoms with Gasteiger partial charge in [0, 0.05) is 18.2 Å². The van der Waals surface area contributed by atoms with Crippen LogP contribution in [0.3, 0.4) is 0 Å². The van der Waals surface area contributed by atoms with Gasteiger partial charge >= 0.3 is 0 Å². The van der Waals surface area contributed by atoms with Crippen LogP contribution in [-0.2, 0) is 22.7 Å². The molecule has 0 radical (unpaired) electrons. The Hall–Kier alpha value is -1.95. The zero-order valence-corrected chi connectivity index (χ0v) is 16.6. The average Bonchev–Trinajstić information content (AvgIpc) is 2.70. The topological polar surface area (TPSA) is 41.6 Å². The van der Waals surface area contributed by atoms with Crippen molar-refractivity contribution in [3.8, 4) is 0 Å². The maximum Gasteiger partial charge on any atom is 0.234 e. The molecule has 1 amide bonds. The van der Waals surface area contributed by atoms with Crippen LogP contribution in [0.5, 0.6) is 0 Å². The van der Waals surface area contributed by atoms with Crippen LogP contribution in [0.4, 0.5) is 4.39 Å². The first-order chi connectivity index (χ1) is 13.6. The third-order valence-corrected chi connectivity index (χ3v) is 5.26. The smallest absolute Gasteiger partial charge is 0.234 e. The molecule has 4 nitrogen and oxygen atoms in total. The molecule has 3 rings (SSSR count). The molecule has 0 bridgehead atoms. The standard InChI is InChI=1S/C22H26ClFN2O2/c23-20-5-1-18(2-6-20)15-28-16-19-9-11-26(12-10-19)14-22(27)25-13-17-3-7-21(24)8-4-17/h1-8,19H,9-16H2,(H,25,27). The van der Waals surface area contributed by atoms with Gasteiger partial charge in [-0.05, 0) is 67.2 Å². The summed E-state index contributed by atoms with van der Waals surface area (Å²) in [4.78, 5) is 14.3. The lowest BCUT2D eigenvalue weighted by Gasteiger charge is -2.31. The summed E-state index contributed by atoms with van der Waals surface area (Å²) in [6.07, 6.45) is 2.07. The number of carbonyl (C=O) groups is 1. The third-order valence-electron chi connectivity index (χ3n) is 5.01. The van der Waals surface area contributed by atoms with E-state index < -0.39 is 0 Å². The lowest BCUT2D eigenvalue weighted by molar-refractivity contribution is -0.122. The molecular weight excluding hydrogens is 379 g/mol. The van der Waals surface area contributed by atoms with Crippen LogP contribution in [0.2, 0.25) is 5.02 Å². The Kier molecular flexibility index (Phi) is 7.83. The van der Waals surface area contributed by atoms with Crippen molar-refractivity contribution in [1.82, 2.24) is 10.2 Å². The molecule has 2 aromatic rings. The van der Waals surface area contributed by atoms with E-state index >= 15 is 0 Å². The number of hydrogen-bond donors (Lipinski definition) is 1. The summed E-state index contributed by atoms with van der Waals surface area (Å²) >= 11 is 5.89. The van der Waals surface area contributed by atoms with Gasteiger partial charge in [0.25, 0.3) is 0 Å². The molecule has 1 aliphatic heterocycles. The first-order valence-corrected chi connectivity index (χ1v) is 10.0. The van der Waals surface area contributed by atoms with Crippen LogP contribution in [0.25, 0.3) is 0 Å². The Morgan fingerprint density at radius 1 is 1.07 bits per heavy atom. The Morgan fingerprint density at radius 3 is 2.39 bits per heavy atom. The lowest BCUT2D eigenvalue weighted by atomic mass is 9.98. The first-order valence-electron chi connectivity index (χ1n) is 9.64. The van der Waals surface area contributed by atoms with Crippen molar-refractivity contribution >= 4 is 17.5 Å². The first kappa shape index (κ1) is 20.8. The van der Waals surface area contributed by atoms with Crippen LogP contribution in [-0.4, -0.2) is 37.0 Å². The summed E-state index contributed by atoms with van der Waals surface area (Å²) in [5.41, 5.74) is 2.02. The van der Waals surface area contributed by atoms with Crippen molar-refractivity contribution in [2.75, 3.05) is 26.2 Å². The Balaban J connectivity index is 1.29. The molecule has 0 unspecified atom stereocenters. The van der Waals surface area contributed by atoms with E-state index in [9.17, 15) is 9.18 Å². The largest absolute Gasteiger partial charge is 0.376 e. The van der Waals surface area contributed by atoms with E-state index in [4.69, 9.17) is 16.3 Å². The van der Waals surface area contributed by atoms with Crippen LogP contribution < -0.4 is 5.32 Å². The highest BCUT2D eigenvalue weighted by Crippen LogP contribution is 2.18. The summed E-state index contributed by atoms with van der Waals surface area (Å²) in [5, 5.41) is 3.63. The fourth-order valence-corrected chi connectivity index (χ4v) is 3.42. The highest BCUT2D eigenvalue weighted by molar-refractivity contribution is 6.30. The minimum Gasteiger partial charge on any atom is -0.376 e. The monoisotopic (exact) mass is 404 g/mol. The van der Waals surface area contributed by atoms with Crippen LogP contribution in [0.15, 0.2) is 48.5 Å². The normalized spacial score (nSPS) is 15.5. The second-order valence-electron chi connectivity index (χ2n) is 7.26. The van der Waals surface area contributed by atoms with Gasteiger partial charge in [0.15, 0.2) is 0 Å². The zero-order valence-electron chi connectivity index (χ0n) is 15.9. The van der Waals surface area contributed by atoms with Crippen molar-refractivity contribution < 1.29 is 13.9 Å². The highest BCUT2D eigenvalue weighted by atomic mass is 35.5. The number of halogens is 2. The predicted octanol–water partition coefficient (Wildman–Crippen LogP) is 4.02. The van der Waals surface area contributed by atoms with Crippen molar-refractivity contribution in [3.63, 3.8) is 0 Å². The molecule has 0 spiro atoms. The molecule has 2 aromatic carbocycles. The highest BCUT2D eigenvalue weighted by Gasteiger charge is 2.21. The number of rotatable bonds is 8. The maximum atomic E-state index is 12.9. The predicted molar refractivity (Wildman–Crippen MR) is 109 cm³/mol. The van der Waals surface area contributed by atoms with Crippen molar-refractivity contribution in [2.45, 2.75) is 26.0 Å². The minimum absolute atomic E-state index is 0.00163. The van der Waals surface area contributed by atoms with Crippen molar-refractivity contribution in [2.24, 2.45) is 5.92 Å². The second-order valence-corrected chi connectivity index (χ2v) is 7.70. The van der Waals surface area contributed by atoms with Gasteiger partial charge in [-0.15, -0.1) is 0 Å². The van der Waals surface area contributed by atoms with Gasteiger partial charge in [0.2, 0.25) is 5.91 Å². The van der Waals surface area contributed by atoms with E-state index in [1.165, 1.54) is 12.1 Å². The van der Waals surface area contributed by atoms with E-state index in [2.05, 4.69) is 10.2 Å². The van der Waals surface area contributed by atoms with E-state index in [0.717, 1.165) is 48.7 Å². The van der Waals surface area contributed by atoms with E-state index in [-0.39, 0.29) is 11.7 Å². The quantitative estimate of drug-likeness (QED) is 0.722. The van der Waals surface area contributed by atoms with Crippen molar-refractivity contribution in [3.05, 3.63) is 70.5 Å². The number of likely N-dealkylation sites (tertiary alicyclic amines) is 1. The summed E-state index contributed by atoms with van der Waals surface area (Å²) in [5.74, 6) is 0.266. The van der Waals surface area contributed by atoms with Gasteiger partial charge in [-0.1, -0.05) is 35.9 Å².